The van der Waals surface area contributed by atoms with Crippen LogP contribution in [-0.2, 0) is 38.1 Å². The van der Waals surface area contributed by atoms with Crippen molar-refractivity contribution in [1.82, 2.24) is 10.3 Å². The lowest BCUT2D eigenvalue weighted by molar-refractivity contribution is -0.159. The molecule has 0 saturated carbocycles. The molecule has 0 aromatic heterocycles. The highest BCUT2D eigenvalue weighted by atomic mass is 16.8. The Morgan fingerprint density at radius 2 is 2.02 bits per heavy atom. The summed E-state index contributed by atoms with van der Waals surface area (Å²) >= 11 is 0. The standard InChI is InChI=1S/C27H40N6O10/c1-7-8-19(35)32-23-16-9-10-18(33(16)31-13-30-23)27(12-29-6)22(36)20(42-25(38)41-14-40-15(2)34)17(43-27)11-39-24(37)21(28)26(3,4)5/h9,13,17-18,20-22,36H,6-8,10-12,14,28H2,1-5H3,(H,30,31,32,35)/t17-,18?,20-,21-,22-,27+/m1/s1. The van der Waals surface area contributed by atoms with Gasteiger partial charge >= 0.3 is 18.1 Å². The Morgan fingerprint density at radius 1 is 1.30 bits per heavy atom. The molecule has 4 N–H and O–H groups in total. The van der Waals surface area contributed by atoms with E-state index in [-0.39, 0.29) is 24.7 Å². The first-order valence-corrected chi connectivity index (χ1v) is 13.8. The third-order valence-corrected chi connectivity index (χ3v) is 7.14. The number of nitrogens with two attached hydrogens (primary N) is 1. The zero-order valence-electron chi connectivity index (χ0n) is 25.0. The molecule has 0 aromatic carbocycles. The second-order valence-electron chi connectivity index (χ2n) is 11.3. The normalized spacial score (nSPS) is 26.9. The minimum absolute atomic E-state index is 0.186. The van der Waals surface area contributed by atoms with E-state index in [0.717, 1.165) is 6.92 Å². The van der Waals surface area contributed by atoms with Crippen LogP contribution in [0.2, 0.25) is 0 Å². The molecule has 16 nitrogen and oxygen atoms in total. The number of carbonyl (C=O) groups is 4. The van der Waals surface area contributed by atoms with Gasteiger partial charge in [-0.25, -0.2) is 9.79 Å². The van der Waals surface area contributed by atoms with Crippen LogP contribution in [0.15, 0.2) is 26.9 Å². The second kappa shape index (κ2) is 14.1. The summed E-state index contributed by atoms with van der Waals surface area (Å²) in [5.41, 5.74) is 4.30. The van der Waals surface area contributed by atoms with E-state index in [2.05, 4.69) is 31.9 Å². The van der Waals surface area contributed by atoms with Crippen molar-refractivity contribution in [3.05, 3.63) is 11.8 Å². The Balaban J connectivity index is 1.88. The maximum absolute atomic E-state index is 12.7. The number of amidine groups is 1. The van der Waals surface area contributed by atoms with Gasteiger partial charge in [-0.05, 0) is 25.0 Å². The van der Waals surface area contributed by atoms with Gasteiger partial charge < -0.3 is 39.8 Å². The molecule has 3 heterocycles. The fourth-order valence-corrected chi connectivity index (χ4v) is 4.83. The molecule has 0 spiro atoms. The molecule has 0 aromatic rings. The van der Waals surface area contributed by atoms with E-state index in [9.17, 15) is 24.3 Å². The zero-order valence-corrected chi connectivity index (χ0v) is 25.0. The largest absolute Gasteiger partial charge is 0.511 e. The van der Waals surface area contributed by atoms with Crippen molar-refractivity contribution in [2.24, 2.45) is 26.2 Å². The highest BCUT2D eigenvalue weighted by molar-refractivity contribution is 6.10. The number of rotatable bonds is 11. The average molecular weight is 609 g/mol. The summed E-state index contributed by atoms with van der Waals surface area (Å²) in [4.78, 5) is 56.7. The molecular weight excluding hydrogens is 568 g/mol. The number of amides is 1. The number of nitrogens with zero attached hydrogens (tertiary/aromatic N) is 4. The molecule has 0 bridgehead atoms. The van der Waals surface area contributed by atoms with Crippen molar-refractivity contribution in [1.29, 1.82) is 0 Å². The Bertz CT molecular complexity index is 1180. The molecule has 1 amide bonds. The molecule has 1 unspecified atom stereocenters. The number of aliphatic imine (C=N–C) groups is 2. The smallest absolute Gasteiger partial charge is 0.462 e. The molecule has 3 aliphatic heterocycles. The van der Waals surface area contributed by atoms with Crippen molar-refractivity contribution in [3.8, 4) is 0 Å². The number of hydrazone groups is 1. The van der Waals surface area contributed by atoms with Gasteiger partial charge in [-0.15, -0.1) is 0 Å². The number of nitrogens with one attached hydrogen (secondary N) is 1. The maximum atomic E-state index is 12.7. The van der Waals surface area contributed by atoms with Gasteiger partial charge in [0.25, 0.3) is 0 Å². The molecule has 0 radical (unpaired) electrons. The molecule has 1 saturated heterocycles. The molecule has 3 aliphatic rings. The predicted octanol–water partition coefficient (Wildman–Crippen LogP) is 0.374. The van der Waals surface area contributed by atoms with Gasteiger partial charge in [0.2, 0.25) is 12.7 Å². The number of hydrogen-bond donors (Lipinski definition) is 3. The summed E-state index contributed by atoms with van der Waals surface area (Å²) < 4.78 is 26.6. The van der Waals surface area contributed by atoms with Crippen molar-refractivity contribution in [3.63, 3.8) is 0 Å². The number of esters is 2. The quantitative estimate of drug-likeness (QED) is 0.126. The second-order valence-corrected chi connectivity index (χ2v) is 11.3. The number of fused-ring (bicyclic) bond motifs is 1. The van der Waals surface area contributed by atoms with E-state index in [4.69, 9.17) is 24.7 Å². The molecule has 1 fully saturated rings. The lowest BCUT2D eigenvalue weighted by atomic mass is 9.85. The number of aliphatic hydroxyl groups is 1. The number of carbonyl (C=O) groups excluding carboxylic acids is 4. The molecule has 3 rings (SSSR count). The average Bonchev–Trinajstić information content (AvgIpc) is 3.47. The van der Waals surface area contributed by atoms with Crippen molar-refractivity contribution >= 4 is 42.9 Å². The van der Waals surface area contributed by atoms with Gasteiger partial charge in [-0.1, -0.05) is 33.8 Å². The SMILES string of the molecule is C=NC[C@@]1(C2CC=C3C(NC(=O)CCC)=NC=NN32)O[C@H](COC(=O)[C@@H](N)C(C)(C)C)[C@@H](OC(=O)OCOC(C)=O)[C@H]1O. The molecule has 0 aliphatic carbocycles. The van der Waals surface area contributed by atoms with Gasteiger partial charge in [0.1, 0.15) is 36.8 Å². The van der Waals surface area contributed by atoms with E-state index in [1.807, 2.05) is 6.92 Å². The van der Waals surface area contributed by atoms with Gasteiger partial charge in [0.05, 0.1) is 18.3 Å². The van der Waals surface area contributed by atoms with Crippen LogP contribution in [0.1, 0.15) is 53.9 Å². The van der Waals surface area contributed by atoms with E-state index in [1.54, 1.807) is 26.8 Å². The van der Waals surface area contributed by atoms with Crippen LogP contribution in [0.4, 0.5) is 4.79 Å². The molecular formula is C27H40N6O10. The Kier molecular flexibility index (Phi) is 11.0. The van der Waals surface area contributed by atoms with Gasteiger partial charge in [-0.2, -0.15) is 5.10 Å². The summed E-state index contributed by atoms with van der Waals surface area (Å²) in [6.45, 7) is 10.5. The van der Waals surface area contributed by atoms with E-state index >= 15 is 0 Å². The van der Waals surface area contributed by atoms with Gasteiger partial charge in [0.15, 0.2) is 11.9 Å². The van der Waals surface area contributed by atoms with Crippen LogP contribution in [0.5, 0.6) is 0 Å². The highest BCUT2D eigenvalue weighted by Gasteiger charge is 2.63. The summed E-state index contributed by atoms with van der Waals surface area (Å²) in [6, 6.07) is -1.72. The first kappa shape index (κ1) is 33.6. The minimum atomic E-state index is -1.60. The third-order valence-electron chi connectivity index (χ3n) is 7.14. The highest BCUT2D eigenvalue weighted by Crippen LogP contribution is 2.43. The molecule has 238 valence electrons. The van der Waals surface area contributed by atoms with Crippen LogP contribution in [0.25, 0.3) is 0 Å². The number of ether oxygens (including phenoxy) is 5. The van der Waals surface area contributed by atoms with E-state index in [0.29, 0.717) is 18.5 Å². The molecule has 43 heavy (non-hydrogen) atoms. The van der Waals surface area contributed by atoms with Crippen molar-refractivity contribution in [2.45, 2.75) is 89.9 Å². The van der Waals surface area contributed by atoms with Crippen LogP contribution in [-0.4, -0.2) is 109 Å². The topological polar surface area (TPSA) is 213 Å². The van der Waals surface area contributed by atoms with Crippen LogP contribution in [0.3, 0.4) is 0 Å². The van der Waals surface area contributed by atoms with Crippen LogP contribution >= 0.6 is 0 Å². The van der Waals surface area contributed by atoms with Crippen LogP contribution in [0, 0.1) is 5.41 Å². The summed E-state index contributed by atoms with van der Waals surface area (Å²) in [7, 11) is 0. The fraction of sp³-hybridized carbons (Fsp3) is 0.667. The lowest BCUT2D eigenvalue weighted by Gasteiger charge is -2.41. The Hall–Kier alpha value is -3.89. The van der Waals surface area contributed by atoms with Crippen molar-refractivity contribution in [2.75, 3.05) is 19.9 Å². The maximum Gasteiger partial charge on any atom is 0.511 e. The van der Waals surface area contributed by atoms with Gasteiger partial charge in [-0.3, -0.25) is 24.4 Å². The fourth-order valence-electron chi connectivity index (χ4n) is 4.83. The zero-order chi connectivity index (χ0) is 31.9. The van der Waals surface area contributed by atoms with Gasteiger partial charge in [0, 0.05) is 13.3 Å². The molecule has 6 atom stereocenters. The predicted molar refractivity (Wildman–Crippen MR) is 152 cm³/mol. The Labute approximate surface area is 249 Å². The number of aliphatic hydroxyl groups excluding tert-OH is 1. The minimum Gasteiger partial charge on any atom is -0.462 e. The van der Waals surface area contributed by atoms with Crippen LogP contribution < -0.4 is 11.1 Å². The third kappa shape index (κ3) is 7.74. The Morgan fingerprint density at radius 3 is 2.65 bits per heavy atom. The summed E-state index contributed by atoms with van der Waals surface area (Å²) in [5, 5.41) is 20.3. The molecule has 16 heteroatoms. The number of hydrogen-bond acceptors (Lipinski definition) is 15. The van der Waals surface area contributed by atoms with Crippen molar-refractivity contribution < 1.29 is 48.0 Å². The lowest BCUT2D eigenvalue weighted by Crippen LogP contribution is -2.59. The van der Waals surface area contributed by atoms with E-state index < -0.39 is 72.9 Å². The van der Waals surface area contributed by atoms with E-state index in [1.165, 1.54) is 11.3 Å². The summed E-state index contributed by atoms with van der Waals surface area (Å²) in [6.07, 6.45) is -1.25. The first-order valence-electron chi connectivity index (χ1n) is 13.8. The summed E-state index contributed by atoms with van der Waals surface area (Å²) in [5.74, 6) is -1.37. The monoisotopic (exact) mass is 608 g/mol. The first-order chi connectivity index (χ1) is 20.2.